The average molecular weight is 212 g/mol. The highest BCUT2D eigenvalue weighted by molar-refractivity contribution is 5.82. The molecule has 3 nitrogen and oxygen atoms in total. The van der Waals surface area contributed by atoms with Crippen molar-refractivity contribution >= 4 is 5.91 Å². The standard InChI is InChI=1S/C8H15F3N2O/c1-3-6(2)13(5-4-12)7(14)8(9,10)11/h6H,3-5,12H2,1-2H3. The molecule has 14 heavy (non-hydrogen) atoms. The van der Waals surface area contributed by atoms with Crippen molar-refractivity contribution < 1.29 is 18.0 Å². The summed E-state index contributed by atoms with van der Waals surface area (Å²) in [4.78, 5) is 11.7. The fourth-order valence-electron chi connectivity index (χ4n) is 1.04. The van der Waals surface area contributed by atoms with E-state index in [0.717, 1.165) is 4.90 Å². The SMILES string of the molecule is CCC(C)N(CCN)C(=O)C(F)(F)F. The van der Waals surface area contributed by atoms with E-state index in [1.54, 1.807) is 13.8 Å². The third kappa shape index (κ3) is 3.53. The molecular formula is C8H15F3N2O. The predicted octanol–water partition coefficient (Wildman–Crippen LogP) is 1.13. The van der Waals surface area contributed by atoms with Gasteiger partial charge in [0.2, 0.25) is 0 Å². The number of halogens is 3. The summed E-state index contributed by atoms with van der Waals surface area (Å²) in [6.45, 7) is 3.26. The first-order valence-corrected chi connectivity index (χ1v) is 4.42. The molecule has 0 bridgehead atoms. The van der Waals surface area contributed by atoms with Crippen molar-refractivity contribution in [3.05, 3.63) is 0 Å². The van der Waals surface area contributed by atoms with Crippen LogP contribution in [0, 0.1) is 0 Å². The van der Waals surface area contributed by atoms with Crippen LogP contribution in [0.2, 0.25) is 0 Å². The molecule has 0 fully saturated rings. The summed E-state index contributed by atoms with van der Waals surface area (Å²) < 4.78 is 36.3. The van der Waals surface area contributed by atoms with Crippen molar-refractivity contribution in [2.45, 2.75) is 32.5 Å². The zero-order valence-corrected chi connectivity index (χ0v) is 8.27. The minimum atomic E-state index is -4.81. The summed E-state index contributed by atoms with van der Waals surface area (Å²) in [5.74, 6) is -1.81. The van der Waals surface area contributed by atoms with Crippen LogP contribution in [0.25, 0.3) is 0 Å². The minimum Gasteiger partial charge on any atom is -0.331 e. The van der Waals surface area contributed by atoms with Gasteiger partial charge in [-0.25, -0.2) is 0 Å². The lowest BCUT2D eigenvalue weighted by atomic mass is 10.2. The summed E-state index contributed by atoms with van der Waals surface area (Å²) in [7, 11) is 0. The Morgan fingerprint density at radius 1 is 1.50 bits per heavy atom. The number of carbonyl (C=O) groups excluding carboxylic acids is 1. The summed E-state index contributed by atoms with van der Waals surface area (Å²) in [5, 5.41) is 0. The van der Waals surface area contributed by atoms with Crippen LogP contribution in [0.4, 0.5) is 13.2 Å². The van der Waals surface area contributed by atoms with Gasteiger partial charge in [-0.2, -0.15) is 13.2 Å². The Morgan fingerprint density at radius 3 is 2.29 bits per heavy atom. The first-order valence-electron chi connectivity index (χ1n) is 4.42. The molecule has 1 atom stereocenters. The molecular weight excluding hydrogens is 197 g/mol. The number of hydrogen-bond donors (Lipinski definition) is 1. The molecule has 0 saturated carbocycles. The highest BCUT2D eigenvalue weighted by Crippen LogP contribution is 2.20. The van der Waals surface area contributed by atoms with Crippen molar-refractivity contribution in [2.24, 2.45) is 5.73 Å². The van der Waals surface area contributed by atoms with E-state index in [1.165, 1.54) is 0 Å². The van der Waals surface area contributed by atoms with E-state index in [2.05, 4.69) is 0 Å². The first-order chi connectivity index (χ1) is 6.34. The Kier molecular flexibility index (Phi) is 4.90. The summed E-state index contributed by atoms with van der Waals surface area (Å²) >= 11 is 0. The minimum absolute atomic E-state index is 0.0339. The molecule has 6 heteroatoms. The highest BCUT2D eigenvalue weighted by Gasteiger charge is 2.43. The molecule has 0 saturated heterocycles. The zero-order valence-electron chi connectivity index (χ0n) is 8.27. The van der Waals surface area contributed by atoms with Gasteiger partial charge in [0.15, 0.2) is 0 Å². The second-order valence-electron chi connectivity index (χ2n) is 3.04. The average Bonchev–Trinajstić information content (AvgIpc) is 2.10. The van der Waals surface area contributed by atoms with Gasteiger partial charge in [0.25, 0.3) is 0 Å². The lowest BCUT2D eigenvalue weighted by Gasteiger charge is -2.28. The number of hydrogen-bond acceptors (Lipinski definition) is 2. The Morgan fingerprint density at radius 2 is 2.00 bits per heavy atom. The van der Waals surface area contributed by atoms with Crippen molar-refractivity contribution in [3.8, 4) is 0 Å². The zero-order chi connectivity index (χ0) is 11.4. The fourth-order valence-corrected chi connectivity index (χ4v) is 1.04. The second-order valence-corrected chi connectivity index (χ2v) is 3.04. The molecule has 0 aliphatic rings. The lowest BCUT2D eigenvalue weighted by Crippen LogP contribution is -2.47. The van der Waals surface area contributed by atoms with E-state index in [9.17, 15) is 18.0 Å². The molecule has 0 aromatic carbocycles. The van der Waals surface area contributed by atoms with E-state index in [4.69, 9.17) is 5.73 Å². The van der Waals surface area contributed by atoms with Gasteiger partial charge in [0.1, 0.15) is 0 Å². The van der Waals surface area contributed by atoms with Crippen molar-refractivity contribution in [2.75, 3.05) is 13.1 Å². The summed E-state index contributed by atoms with van der Waals surface area (Å²) in [5.41, 5.74) is 5.14. The molecule has 0 aliphatic heterocycles. The van der Waals surface area contributed by atoms with Crippen molar-refractivity contribution in [1.29, 1.82) is 0 Å². The van der Waals surface area contributed by atoms with Crippen molar-refractivity contribution in [1.82, 2.24) is 4.90 Å². The largest absolute Gasteiger partial charge is 0.471 e. The first kappa shape index (κ1) is 13.2. The van der Waals surface area contributed by atoms with E-state index in [1.807, 2.05) is 0 Å². The Balaban J connectivity index is 4.57. The molecule has 1 unspecified atom stereocenters. The molecule has 0 radical (unpaired) electrons. The number of rotatable bonds is 4. The van der Waals surface area contributed by atoms with E-state index in [-0.39, 0.29) is 13.1 Å². The van der Waals surface area contributed by atoms with Crippen LogP contribution in [0.15, 0.2) is 0 Å². The van der Waals surface area contributed by atoms with E-state index < -0.39 is 18.1 Å². The molecule has 84 valence electrons. The van der Waals surface area contributed by atoms with Gasteiger partial charge >= 0.3 is 12.1 Å². The smallest absolute Gasteiger partial charge is 0.331 e. The lowest BCUT2D eigenvalue weighted by molar-refractivity contribution is -0.187. The molecule has 0 aliphatic carbocycles. The highest BCUT2D eigenvalue weighted by atomic mass is 19.4. The maximum atomic E-state index is 12.1. The van der Waals surface area contributed by atoms with Gasteiger partial charge in [-0.15, -0.1) is 0 Å². The number of nitrogens with zero attached hydrogens (tertiary/aromatic N) is 1. The third-order valence-corrected chi connectivity index (χ3v) is 2.00. The number of carbonyl (C=O) groups is 1. The second kappa shape index (κ2) is 5.19. The topological polar surface area (TPSA) is 46.3 Å². The maximum absolute atomic E-state index is 12.1. The van der Waals surface area contributed by atoms with Crippen LogP contribution in [0.3, 0.4) is 0 Å². The molecule has 2 N–H and O–H groups in total. The van der Waals surface area contributed by atoms with E-state index in [0.29, 0.717) is 6.42 Å². The van der Waals surface area contributed by atoms with E-state index >= 15 is 0 Å². The fraction of sp³-hybridized carbons (Fsp3) is 0.875. The van der Waals surface area contributed by atoms with Crippen LogP contribution in [0.1, 0.15) is 20.3 Å². The molecule has 0 aromatic heterocycles. The van der Waals surface area contributed by atoms with Crippen LogP contribution < -0.4 is 5.73 Å². The van der Waals surface area contributed by atoms with Gasteiger partial charge in [0.05, 0.1) is 0 Å². The molecule has 0 rings (SSSR count). The normalized spacial score (nSPS) is 13.9. The Bertz CT molecular complexity index is 194. The van der Waals surface area contributed by atoms with Gasteiger partial charge in [-0.05, 0) is 13.3 Å². The van der Waals surface area contributed by atoms with Gasteiger partial charge in [-0.3, -0.25) is 4.79 Å². The molecule has 0 heterocycles. The number of nitrogens with two attached hydrogens (primary N) is 1. The van der Waals surface area contributed by atoms with Gasteiger partial charge in [0, 0.05) is 19.1 Å². The quantitative estimate of drug-likeness (QED) is 0.759. The van der Waals surface area contributed by atoms with Crippen LogP contribution in [-0.2, 0) is 4.79 Å². The third-order valence-electron chi connectivity index (χ3n) is 2.00. The monoisotopic (exact) mass is 212 g/mol. The predicted molar refractivity (Wildman–Crippen MR) is 46.6 cm³/mol. The van der Waals surface area contributed by atoms with Gasteiger partial charge < -0.3 is 10.6 Å². The molecule has 0 aromatic rings. The summed E-state index contributed by atoms with van der Waals surface area (Å²) in [6.07, 6.45) is -4.33. The van der Waals surface area contributed by atoms with Crippen LogP contribution in [0.5, 0.6) is 0 Å². The summed E-state index contributed by atoms with van der Waals surface area (Å²) in [6, 6.07) is -0.437. The van der Waals surface area contributed by atoms with Crippen LogP contribution in [-0.4, -0.2) is 36.1 Å². The Labute approximate surface area is 81.1 Å². The maximum Gasteiger partial charge on any atom is 0.471 e. The molecule has 1 amide bonds. The molecule has 0 spiro atoms. The van der Waals surface area contributed by atoms with Crippen LogP contribution >= 0.6 is 0 Å². The van der Waals surface area contributed by atoms with Crippen molar-refractivity contribution in [3.63, 3.8) is 0 Å². The number of amides is 1. The number of alkyl halides is 3. The van der Waals surface area contributed by atoms with Gasteiger partial charge in [-0.1, -0.05) is 6.92 Å². The Hall–Kier alpha value is -0.780.